The molecule has 1 rings (SSSR count). The highest BCUT2D eigenvalue weighted by Gasteiger charge is 2.38. The van der Waals surface area contributed by atoms with E-state index in [1.807, 2.05) is 41.5 Å². The molecule has 1 atom stereocenters. The van der Waals surface area contributed by atoms with Crippen LogP contribution in [0.5, 0.6) is 0 Å². The third kappa shape index (κ3) is 7.32. The Bertz CT molecular complexity index is 537. The Morgan fingerprint density at radius 3 is 2.44 bits per heavy atom. The van der Waals surface area contributed by atoms with Gasteiger partial charge in [-0.15, -0.1) is 6.58 Å². The van der Waals surface area contributed by atoms with Crippen molar-refractivity contribution in [3.8, 4) is 0 Å². The highest BCUT2D eigenvalue weighted by atomic mass is 16.6. The maximum Gasteiger partial charge on any atom is 0.407 e. The fourth-order valence-electron chi connectivity index (χ4n) is 2.85. The van der Waals surface area contributed by atoms with E-state index < -0.39 is 17.1 Å². The van der Waals surface area contributed by atoms with Gasteiger partial charge in [0.05, 0.1) is 5.41 Å². The maximum atomic E-state index is 12.9. The van der Waals surface area contributed by atoms with E-state index in [1.165, 1.54) is 0 Å². The smallest absolute Gasteiger partial charge is 0.407 e. The van der Waals surface area contributed by atoms with Crippen molar-refractivity contribution in [1.82, 2.24) is 5.32 Å². The number of carbonyl (C=O) groups is 2. The predicted molar refractivity (Wildman–Crippen MR) is 99.3 cm³/mol. The van der Waals surface area contributed by atoms with Crippen molar-refractivity contribution < 1.29 is 19.1 Å². The third-order valence-electron chi connectivity index (χ3n) is 3.84. The molecule has 1 aliphatic carbocycles. The summed E-state index contributed by atoms with van der Waals surface area (Å²) >= 11 is 0. The maximum absolute atomic E-state index is 12.9. The number of rotatable bonds is 5. The number of alkyl carbamates (subject to hydrolysis) is 1. The van der Waals surface area contributed by atoms with Crippen LogP contribution in [0.2, 0.25) is 0 Å². The summed E-state index contributed by atoms with van der Waals surface area (Å²) in [5, 5.41) is 2.76. The number of amides is 1. The quantitative estimate of drug-likeness (QED) is 0.739. The highest BCUT2D eigenvalue weighted by molar-refractivity contribution is 5.96. The molecule has 0 aromatic carbocycles. The van der Waals surface area contributed by atoms with Crippen LogP contribution in [0.3, 0.4) is 0 Å². The first-order valence-electron chi connectivity index (χ1n) is 8.89. The van der Waals surface area contributed by atoms with Gasteiger partial charge in [0.25, 0.3) is 0 Å². The second-order valence-electron chi connectivity index (χ2n) is 8.67. The number of ketones is 1. The SMILES string of the molecule is C=CC[C@]1(CNC(=O)OC(C)(C)C)CCCC(OC(C)(C)C)=CC1=O. The summed E-state index contributed by atoms with van der Waals surface area (Å²) in [5.74, 6) is 0.681. The monoisotopic (exact) mass is 351 g/mol. The number of nitrogens with one attached hydrogen (secondary N) is 1. The molecule has 1 N–H and O–H groups in total. The van der Waals surface area contributed by atoms with E-state index >= 15 is 0 Å². The molecule has 0 aliphatic heterocycles. The Morgan fingerprint density at radius 2 is 1.92 bits per heavy atom. The van der Waals surface area contributed by atoms with Gasteiger partial charge in [-0.25, -0.2) is 4.79 Å². The van der Waals surface area contributed by atoms with E-state index in [0.717, 1.165) is 6.42 Å². The molecule has 0 heterocycles. The van der Waals surface area contributed by atoms with Crippen LogP contribution in [0.25, 0.3) is 0 Å². The minimum absolute atomic E-state index is 0.0276. The zero-order chi connectivity index (χ0) is 19.3. The first-order valence-corrected chi connectivity index (χ1v) is 8.89. The fraction of sp³-hybridized carbons (Fsp3) is 0.700. The van der Waals surface area contributed by atoms with Gasteiger partial charge in [0, 0.05) is 19.0 Å². The Hall–Kier alpha value is -1.78. The van der Waals surface area contributed by atoms with Crippen molar-refractivity contribution in [2.45, 2.75) is 78.4 Å². The summed E-state index contributed by atoms with van der Waals surface area (Å²) in [7, 11) is 0. The van der Waals surface area contributed by atoms with E-state index in [-0.39, 0.29) is 17.9 Å². The Kier molecular flexibility index (Phi) is 6.86. The van der Waals surface area contributed by atoms with Crippen LogP contribution >= 0.6 is 0 Å². The first-order chi connectivity index (χ1) is 11.4. The fourth-order valence-corrected chi connectivity index (χ4v) is 2.85. The zero-order valence-electron chi connectivity index (χ0n) is 16.5. The second-order valence-corrected chi connectivity index (χ2v) is 8.67. The predicted octanol–water partition coefficient (Wildman–Crippen LogP) is 4.53. The largest absolute Gasteiger partial charge is 0.492 e. The van der Waals surface area contributed by atoms with E-state index in [1.54, 1.807) is 12.2 Å². The normalized spacial score (nSPS) is 21.8. The van der Waals surface area contributed by atoms with Gasteiger partial charge in [0.1, 0.15) is 17.0 Å². The minimum Gasteiger partial charge on any atom is -0.492 e. The van der Waals surface area contributed by atoms with Crippen LogP contribution in [0.1, 0.15) is 67.2 Å². The van der Waals surface area contributed by atoms with Crippen LogP contribution in [0.15, 0.2) is 24.5 Å². The molecule has 5 nitrogen and oxygen atoms in total. The molecular formula is C20H33NO4. The second kappa shape index (κ2) is 8.07. The standard InChI is InChI=1S/C20H33NO4/c1-8-11-20(14-21-17(23)25-19(5,6)7)12-9-10-15(13-16(20)22)24-18(2,3)4/h8,13H,1,9-12,14H2,2-7H3,(H,21,23)/t20-/m1/s1. The molecule has 0 aromatic rings. The topological polar surface area (TPSA) is 64.6 Å². The Labute approximate surface area is 151 Å². The van der Waals surface area contributed by atoms with E-state index in [2.05, 4.69) is 11.9 Å². The van der Waals surface area contributed by atoms with Gasteiger partial charge in [0.2, 0.25) is 0 Å². The molecule has 142 valence electrons. The zero-order valence-corrected chi connectivity index (χ0v) is 16.5. The molecule has 0 fully saturated rings. The van der Waals surface area contributed by atoms with Gasteiger partial charge in [-0.05, 0) is 60.8 Å². The molecule has 1 aliphatic rings. The molecule has 5 heteroatoms. The van der Waals surface area contributed by atoms with Gasteiger partial charge in [-0.1, -0.05) is 6.08 Å². The highest BCUT2D eigenvalue weighted by Crippen LogP contribution is 2.36. The average Bonchev–Trinajstić information content (AvgIpc) is 2.54. The van der Waals surface area contributed by atoms with Gasteiger partial charge in [0.15, 0.2) is 5.78 Å². The molecular weight excluding hydrogens is 318 g/mol. The van der Waals surface area contributed by atoms with Gasteiger partial charge >= 0.3 is 6.09 Å². The number of hydrogen-bond donors (Lipinski definition) is 1. The molecule has 0 unspecified atom stereocenters. The summed E-state index contributed by atoms with van der Waals surface area (Å²) in [6.07, 6.45) is 5.52. The lowest BCUT2D eigenvalue weighted by molar-refractivity contribution is -0.123. The summed E-state index contributed by atoms with van der Waals surface area (Å²) in [6.45, 7) is 15.3. The first kappa shape index (κ1) is 21.3. The van der Waals surface area contributed by atoms with Crippen molar-refractivity contribution in [3.63, 3.8) is 0 Å². The lowest BCUT2D eigenvalue weighted by atomic mass is 9.76. The number of carbonyl (C=O) groups excluding carboxylic acids is 2. The van der Waals surface area contributed by atoms with Crippen molar-refractivity contribution >= 4 is 11.9 Å². The van der Waals surface area contributed by atoms with Gasteiger partial charge < -0.3 is 14.8 Å². The Balaban J connectivity index is 2.90. The molecule has 0 saturated carbocycles. The molecule has 0 saturated heterocycles. The van der Waals surface area contributed by atoms with Crippen LogP contribution in [0.4, 0.5) is 4.79 Å². The van der Waals surface area contributed by atoms with Gasteiger partial charge in [-0.2, -0.15) is 0 Å². The van der Waals surface area contributed by atoms with Crippen LogP contribution < -0.4 is 5.32 Å². The summed E-state index contributed by atoms with van der Waals surface area (Å²) in [4.78, 5) is 24.9. The summed E-state index contributed by atoms with van der Waals surface area (Å²) in [6, 6.07) is 0. The van der Waals surface area contributed by atoms with Crippen molar-refractivity contribution in [2.24, 2.45) is 5.41 Å². The lowest BCUT2D eigenvalue weighted by Crippen LogP contribution is -2.43. The van der Waals surface area contributed by atoms with E-state index in [9.17, 15) is 9.59 Å². The van der Waals surface area contributed by atoms with E-state index in [0.29, 0.717) is 25.0 Å². The van der Waals surface area contributed by atoms with Crippen LogP contribution in [-0.4, -0.2) is 29.6 Å². The molecule has 0 radical (unpaired) electrons. The third-order valence-corrected chi connectivity index (χ3v) is 3.84. The van der Waals surface area contributed by atoms with Gasteiger partial charge in [-0.3, -0.25) is 4.79 Å². The number of hydrogen-bond acceptors (Lipinski definition) is 4. The van der Waals surface area contributed by atoms with Crippen molar-refractivity contribution in [2.75, 3.05) is 6.54 Å². The van der Waals surface area contributed by atoms with Crippen molar-refractivity contribution in [1.29, 1.82) is 0 Å². The average molecular weight is 351 g/mol. The van der Waals surface area contributed by atoms with Crippen molar-refractivity contribution in [3.05, 3.63) is 24.5 Å². The molecule has 25 heavy (non-hydrogen) atoms. The molecule has 1 amide bonds. The molecule has 0 spiro atoms. The molecule has 0 aromatic heterocycles. The van der Waals surface area contributed by atoms with Crippen LogP contribution in [-0.2, 0) is 14.3 Å². The lowest BCUT2D eigenvalue weighted by Gasteiger charge is -2.30. The van der Waals surface area contributed by atoms with E-state index in [4.69, 9.17) is 9.47 Å². The minimum atomic E-state index is -0.693. The molecule has 0 bridgehead atoms. The number of ether oxygens (including phenoxy) is 2. The van der Waals surface area contributed by atoms with Crippen LogP contribution in [0, 0.1) is 5.41 Å². The summed E-state index contributed by atoms with van der Waals surface area (Å²) in [5.41, 5.74) is -1.61. The summed E-state index contributed by atoms with van der Waals surface area (Å²) < 4.78 is 11.2. The Morgan fingerprint density at radius 1 is 1.28 bits per heavy atom. The number of allylic oxidation sites excluding steroid dienone is 3.